The Kier molecular flexibility index (Phi) is 5.17. The van der Waals surface area contributed by atoms with Gasteiger partial charge in [-0.3, -0.25) is 0 Å². The highest BCUT2D eigenvalue weighted by Gasteiger charge is 2.05. The van der Waals surface area contributed by atoms with Crippen molar-refractivity contribution in [3.63, 3.8) is 0 Å². The normalized spacial score (nSPS) is 11.4. The van der Waals surface area contributed by atoms with E-state index in [1.54, 1.807) is 13.3 Å². The number of methoxy groups -OCH3 is 1. The summed E-state index contributed by atoms with van der Waals surface area (Å²) in [5.74, 6) is 1.92. The average Bonchev–Trinajstić information content (AvgIpc) is 2.99. The van der Waals surface area contributed by atoms with Gasteiger partial charge in [0.1, 0.15) is 5.75 Å². The van der Waals surface area contributed by atoms with Gasteiger partial charge in [-0.15, -0.1) is 0 Å². The average molecular weight is 350 g/mol. The van der Waals surface area contributed by atoms with Gasteiger partial charge in [0, 0.05) is 17.6 Å². The minimum Gasteiger partial charge on any atom is -0.497 e. The highest BCUT2D eigenvalue weighted by molar-refractivity contribution is 5.92. The Balaban J connectivity index is 1.63. The van der Waals surface area contributed by atoms with Gasteiger partial charge in [0.15, 0.2) is 11.8 Å². The number of rotatable bonds is 5. The number of ether oxygens (including phenoxy) is 1. The van der Waals surface area contributed by atoms with Crippen LogP contribution in [0.4, 0.5) is 5.69 Å². The molecule has 0 amide bonds. The van der Waals surface area contributed by atoms with Crippen molar-refractivity contribution in [2.24, 2.45) is 10.7 Å². The summed E-state index contributed by atoms with van der Waals surface area (Å²) in [5, 5.41) is 7.48. The number of aliphatic imine (C=N–C) groups is 1. The predicted molar refractivity (Wildman–Crippen MR) is 103 cm³/mol. The molecule has 2 aromatic heterocycles. The van der Waals surface area contributed by atoms with Crippen molar-refractivity contribution in [1.29, 1.82) is 0 Å². The van der Waals surface area contributed by atoms with E-state index in [0.717, 1.165) is 34.2 Å². The first kappa shape index (κ1) is 17.5. The molecule has 0 saturated carbocycles. The molecule has 3 aromatic rings. The summed E-state index contributed by atoms with van der Waals surface area (Å²) < 4.78 is 6.95. The van der Waals surface area contributed by atoms with E-state index in [1.165, 1.54) is 0 Å². The highest BCUT2D eigenvalue weighted by atomic mass is 16.5. The Labute approximate surface area is 152 Å². The molecule has 134 valence electrons. The van der Waals surface area contributed by atoms with Gasteiger partial charge in [-0.2, -0.15) is 5.10 Å². The second-order valence-corrected chi connectivity index (χ2v) is 5.92. The Morgan fingerprint density at radius 2 is 1.96 bits per heavy atom. The molecule has 7 heteroatoms. The number of aromatic nitrogens is 3. The maximum atomic E-state index is 5.94. The monoisotopic (exact) mass is 350 g/mol. The van der Waals surface area contributed by atoms with Crippen LogP contribution in [0.1, 0.15) is 17.0 Å². The Bertz CT molecular complexity index is 897. The third-order valence-electron chi connectivity index (χ3n) is 3.83. The number of aryl methyl sites for hydroxylation is 2. The highest BCUT2D eigenvalue weighted by Crippen LogP contribution is 2.15. The van der Waals surface area contributed by atoms with Gasteiger partial charge in [-0.05, 0) is 55.8 Å². The van der Waals surface area contributed by atoms with Crippen LogP contribution in [0.15, 0.2) is 53.7 Å². The summed E-state index contributed by atoms with van der Waals surface area (Å²) in [6.07, 6.45) is 1.79. The molecule has 0 unspecified atom stereocenters. The van der Waals surface area contributed by atoms with Gasteiger partial charge in [0.2, 0.25) is 0 Å². The zero-order valence-electron chi connectivity index (χ0n) is 15.1. The first-order valence-electron chi connectivity index (χ1n) is 8.25. The van der Waals surface area contributed by atoms with E-state index in [-0.39, 0.29) is 0 Å². The van der Waals surface area contributed by atoms with E-state index in [1.807, 2.05) is 61.0 Å². The fourth-order valence-electron chi connectivity index (χ4n) is 2.53. The number of anilines is 1. The van der Waals surface area contributed by atoms with Crippen LogP contribution in [0.3, 0.4) is 0 Å². The van der Waals surface area contributed by atoms with Crippen molar-refractivity contribution in [2.75, 3.05) is 12.4 Å². The SMILES string of the molecule is COc1ccc(NC(N)=NCc2ccc(-n3nc(C)cc3C)nc2)cc1. The zero-order chi connectivity index (χ0) is 18.5. The second-order valence-electron chi connectivity index (χ2n) is 5.92. The van der Waals surface area contributed by atoms with Crippen molar-refractivity contribution in [2.45, 2.75) is 20.4 Å². The topological polar surface area (TPSA) is 90.3 Å². The van der Waals surface area contributed by atoms with Crippen LogP contribution < -0.4 is 15.8 Å². The number of hydrogen-bond acceptors (Lipinski definition) is 4. The van der Waals surface area contributed by atoms with E-state index in [4.69, 9.17) is 10.5 Å². The molecule has 0 aliphatic carbocycles. The Hall–Kier alpha value is -3.35. The van der Waals surface area contributed by atoms with Gasteiger partial charge < -0.3 is 15.8 Å². The van der Waals surface area contributed by atoms with Crippen LogP contribution in [-0.2, 0) is 6.54 Å². The third-order valence-corrected chi connectivity index (χ3v) is 3.83. The third kappa shape index (κ3) is 4.18. The molecule has 0 spiro atoms. The molecule has 2 heterocycles. The van der Waals surface area contributed by atoms with Crippen molar-refractivity contribution < 1.29 is 4.74 Å². The lowest BCUT2D eigenvalue weighted by molar-refractivity contribution is 0.415. The summed E-state index contributed by atoms with van der Waals surface area (Å²) >= 11 is 0. The van der Waals surface area contributed by atoms with Crippen molar-refractivity contribution in [1.82, 2.24) is 14.8 Å². The van der Waals surface area contributed by atoms with E-state index in [9.17, 15) is 0 Å². The largest absolute Gasteiger partial charge is 0.497 e. The molecular weight excluding hydrogens is 328 g/mol. The molecule has 3 rings (SSSR count). The molecule has 0 bridgehead atoms. The summed E-state index contributed by atoms with van der Waals surface area (Å²) in [6.45, 7) is 4.41. The van der Waals surface area contributed by atoms with Gasteiger partial charge in [-0.25, -0.2) is 14.7 Å². The first-order valence-corrected chi connectivity index (χ1v) is 8.25. The number of pyridine rings is 1. The smallest absolute Gasteiger partial charge is 0.193 e. The molecule has 1 aromatic carbocycles. The standard InChI is InChI=1S/C19H22N6O/c1-13-10-14(2)25(24-13)18-9-4-15(11-21-18)12-22-19(20)23-16-5-7-17(26-3)8-6-16/h4-11H,12H2,1-3H3,(H3,20,22,23). The molecule has 26 heavy (non-hydrogen) atoms. The molecule has 0 atom stereocenters. The number of nitrogens with one attached hydrogen (secondary N) is 1. The van der Waals surface area contributed by atoms with Gasteiger partial charge in [-0.1, -0.05) is 6.07 Å². The van der Waals surface area contributed by atoms with Crippen LogP contribution in [0.5, 0.6) is 5.75 Å². The maximum absolute atomic E-state index is 5.94. The van der Waals surface area contributed by atoms with Crippen LogP contribution in [-0.4, -0.2) is 27.8 Å². The lowest BCUT2D eigenvalue weighted by Crippen LogP contribution is -2.22. The summed E-state index contributed by atoms with van der Waals surface area (Å²) in [4.78, 5) is 8.81. The molecule has 0 fully saturated rings. The lowest BCUT2D eigenvalue weighted by atomic mass is 10.3. The molecule has 3 N–H and O–H groups in total. The number of nitrogens with two attached hydrogens (primary N) is 1. The van der Waals surface area contributed by atoms with Crippen LogP contribution in [0.2, 0.25) is 0 Å². The van der Waals surface area contributed by atoms with E-state index < -0.39 is 0 Å². The second kappa shape index (κ2) is 7.69. The summed E-state index contributed by atoms with van der Waals surface area (Å²) in [6, 6.07) is 13.4. The van der Waals surface area contributed by atoms with Crippen molar-refractivity contribution in [3.8, 4) is 11.6 Å². The molecule has 0 aliphatic heterocycles. The summed E-state index contributed by atoms with van der Waals surface area (Å²) in [7, 11) is 1.63. The molecule has 7 nitrogen and oxygen atoms in total. The summed E-state index contributed by atoms with van der Waals surface area (Å²) in [5.41, 5.74) is 9.78. The van der Waals surface area contributed by atoms with Crippen LogP contribution in [0, 0.1) is 13.8 Å². The molecular formula is C19H22N6O. The number of benzene rings is 1. The van der Waals surface area contributed by atoms with E-state index >= 15 is 0 Å². The first-order chi connectivity index (χ1) is 12.5. The van der Waals surface area contributed by atoms with Crippen LogP contribution in [0.25, 0.3) is 5.82 Å². The van der Waals surface area contributed by atoms with Gasteiger partial charge in [0.05, 0.1) is 19.3 Å². The minimum absolute atomic E-state index is 0.345. The Morgan fingerprint density at radius 3 is 2.54 bits per heavy atom. The number of guanidine groups is 1. The van der Waals surface area contributed by atoms with Gasteiger partial charge >= 0.3 is 0 Å². The van der Waals surface area contributed by atoms with Gasteiger partial charge in [0.25, 0.3) is 0 Å². The molecule has 0 aliphatic rings. The maximum Gasteiger partial charge on any atom is 0.193 e. The molecule has 0 radical (unpaired) electrons. The van der Waals surface area contributed by atoms with Crippen molar-refractivity contribution in [3.05, 3.63) is 65.6 Å². The minimum atomic E-state index is 0.345. The zero-order valence-corrected chi connectivity index (χ0v) is 15.1. The quantitative estimate of drug-likeness (QED) is 0.545. The predicted octanol–water partition coefficient (Wildman–Crippen LogP) is 2.82. The number of nitrogens with zero attached hydrogens (tertiary/aromatic N) is 4. The lowest BCUT2D eigenvalue weighted by Gasteiger charge is -2.07. The Morgan fingerprint density at radius 1 is 1.19 bits per heavy atom. The fraction of sp³-hybridized carbons (Fsp3) is 0.211. The van der Waals surface area contributed by atoms with E-state index in [0.29, 0.717) is 12.5 Å². The van der Waals surface area contributed by atoms with E-state index in [2.05, 4.69) is 20.4 Å². The fourth-order valence-corrected chi connectivity index (χ4v) is 2.53. The molecule has 0 saturated heterocycles. The van der Waals surface area contributed by atoms with Crippen molar-refractivity contribution >= 4 is 11.6 Å². The number of hydrogen-bond donors (Lipinski definition) is 2. The van der Waals surface area contributed by atoms with Crippen LogP contribution >= 0.6 is 0 Å².